The van der Waals surface area contributed by atoms with Gasteiger partial charge in [-0.05, 0) is 29.7 Å². The molecule has 2 aromatic rings. The topological polar surface area (TPSA) is 62.6 Å². The van der Waals surface area contributed by atoms with Crippen LogP contribution >= 0.6 is 11.6 Å². The van der Waals surface area contributed by atoms with Crippen LogP contribution in [0, 0.1) is 5.92 Å². The molecule has 0 N–H and O–H groups in total. The number of esters is 1. The Labute approximate surface area is 177 Å². The lowest BCUT2D eigenvalue weighted by Gasteiger charge is -2.19. The van der Waals surface area contributed by atoms with Crippen LogP contribution in [0.2, 0.25) is 5.02 Å². The highest BCUT2D eigenvalue weighted by Crippen LogP contribution is 2.37. The third kappa shape index (κ3) is 6.16. The van der Waals surface area contributed by atoms with E-state index in [0.29, 0.717) is 23.7 Å². The first-order chi connectivity index (χ1) is 14.0. The van der Waals surface area contributed by atoms with Crippen LogP contribution in [0.1, 0.15) is 31.3 Å². The number of benzene rings is 1. The number of nitrogens with zero attached hydrogens (tertiary/aromatic N) is 2. The van der Waals surface area contributed by atoms with Crippen molar-refractivity contribution in [3.05, 3.63) is 47.0 Å². The predicted octanol–water partition coefficient (Wildman–Crippen LogP) is 4.98. The van der Waals surface area contributed by atoms with E-state index in [1.807, 2.05) is 13.8 Å². The van der Waals surface area contributed by atoms with Gasteiger partial charge in [-0.3, -0.25) is 0 Å². The molecule has 1 unspecified atom stereocenters. The van der Waals surface area contributed by atoms with Gasteiger partial charge in [0.15, 0.2) is 17.3 Å². The molecule has 0 saturated carbocycles. The van der Waals surface area contributed by atoms with Gasteiger partial charge in [0, 0.05) is 25.5 Å². The minimum atomic E-state index is -4.81. The molecule has 0 bridgehead atoms. The molecule has 1 aromatic heterocycles. The molecule has 0 radical (unpaired) electrons. The summed E-state index contributed by atoms with van der Waals surface area (Å²) in [5.74, 6) is -0.673. The maximum atomic E-state index is 13.3. The highest BCUT2D eigenvalue weighted by Gasteiger charge is 2.46. The van der Waals surface area contributed by atoms with E-state index in [9.17, 15) is 18.0 Å². The van der Waals surface area contributed by atoms with Gasteiger partial charge in [0.1, 0.15) is 0 Å². The first-order valence-corrected chi connectivity index (χ1v) is 9.33. The van der Waals surface area contributed by atoms with Gasteiger partial charge in [0.2, 0.25) is 0 Å². The van der Waals surface area contributed by atoms with Crippen molar-refractivity contribution >= 4 is 23.6 Å². The van der Waals surface area contributed by atoms with Crippen molar-refractivity contribution in [2.75, 3.05) is 13.7 Å². The maximum absolute atomic E-state index is 13.3. The van der Waals surface area contributed by atoms with E-state index >= 15 is 0 Å². The molecule has 0 aliphatic rings. The number of hydrogen-bond acceptors (Lipinski definition) is 5. The highest BCUT2D eigenvalue weighted by atomic mass is 35.5. The van der Waals surface area contributed by atoms with Gasteiger partial charge >= 0.3 is 12.1 Å². The van der Waals surface area contributed by atoms with E-state index in [4.69, 9.17) is 21.1 Å². The normalized spacial score (nSPS) is 13.0. The summed E-state index contributed by atoms with van der Waals surface area (Å²) in [7, 11) is 2.80. The largest absolute Gasteiger partial charge is 0.493 e. The van der Waals surface area contributed by atoms with Gasteiger partial charge < -0.3 is 18.8 Å². The lowest BCUT2D eigenvalue weighted by molar-refractivity contribution is -0.223. The first-order valence-electron chi connectivity index (χ1n) is 8.95. The minimum Gasteiger partial charge on any atom is -0.493 e. The Kier molecular flexibility index (Phi) is 7.77. The standard InChI is InChI=1S/C20H22ClF3N2O4/c1-12(2)11-29-17-14(21)9-13(10-15(17)28-4)5-6-16(27)30-18(20(22,23)24)19-25-7-8-26(19)3/h5-10,12,18H,11H2,1-4H3/b6-5+. The number of aromatic nitrogens is 2. The van der Waals surface area contributed by atoms with Crippen LogP contribution in [0.5, 0.6) is 11.5 Å². The Morgan fingerprint density at radius 3 is 2.57 bits per heavy atom. The SMILES string of the molecule is COc1cc(/C=C/C(=O)OC(c2nccn2C)C(F)(F)F)cc(Cl)c1OCC(C)C. The third-order valence-corrected chi connectivity index (χ3v) is 4.13. The van der Waals surface area contributed by atoms with Crippen molar-refractivity contribution < 1.29 is 32.2 Å². The Balaban J connectivity index is 2.19. The molecule has 1 aromatic carbocycles. The molecule has 2 rings (SSSR count). The molecule has 0 amide bonds. The molecule has 1 heterocycles. The van der Waals surface area contributed by atoms with Crippen LogP contribution in [-0.4, -0.2) is 35.4 Å². The molecule has 164 valence electrons. The first kappa shape index (κ1) is 23.6. The molecule has 0 saturated heterocycles. The number of methoxy groups -OCH3 is 1. The average molecular weight is 447 g/mol. The quantitative estimate of drug-likeness (QED) is 0.423. The van der Waals surface area contributed by atoms with Crippen LogP contribution in [0.15, 0.2) is 30.6 Å². The second-order valence-electron chi connectivity index (χ2n) is 6.83. The molecule has 30 heavy (non-hydrogen) atoms. The second kappa shape index (κ2) is 9.88. The fourth-order valence-corrected chi connectivity index (χ4v) is 2.72. The monoisotopic (exact) mass is 446 g/mol. The summed E-state index contributed by atoms with van der Waals surface area (Å²) >= 11 is 6.23. The number of imidazole rings is 1. The Bertz CT molecular complexity index is 910. The molecule has 10 heteroatoms. The zero-order chi connectivity index (χ0) is 22.5. The smallest absolute Gasteiger partial charge is 0.432 e. The molecule has 0 spiro atoms. The lowest BCUT2D eigenvalue weighted by atomic mass is 10.2. The van der Waals surface area contributed by atoms with Gasteiger partial charge in [0.05, 0.1) is 18.7 Å². The van der Waals surface area contributed by atoms with E-state index in [1.54, 1.807) is 6.07 Å². The van der Waals surface area contributed by atoms with Gasteiger partial charge in [-0.1, -0.05) is 25.4 Å². The fourth-order valence-electron chi connectivity index (χ4n) is 2.44. The van der Waals surface area contributed by atoms with Gasteiger partial charge in [0.25, 0.3) is 6.10 Å². The molecular weight excluding hydrogens is 425 g/mol. The fraction of sp³-hybridized carbons (Fsp3) is 0.400. The summed E-state index contributed by atoms with van der Waals surface area (Å²) in [6, 6.07) is 3.05. The van der Waals surface area contributed by atoms with E-state index < -0.39 is 24.1 Å². The van der Waals surface area contributed by atoms with Crippen molar-refractivity contribution in [3.8, 4) is 11.5 Å². The van der Waals surface area contributed by atoms with Crippen molar-refractivity contribution in [1.29, 1.82) is 0 Å². The van der Waals surface area contributed by atoms with Crippen LogP contribution in [0.4, 0.5) is 13.2 Å². The Morgan fingerprint density at radius 1 is 1.33 bits per heavy atom. The number of halogens is 4. The maximum Gasteiger partial charge on any atom is 0.432 e. The number of aryl methyl sites for hydroxylation is 1. The van der Waals surface area contributed by atoms with Crippen molar-refractivity contribution in [3.63, 3.8) is 0 Å². The number of carbonyl (C=O) groups excluding carboxylic acids is 1. The van der Waals surface area contributed by atoms with E-state index in [1.165, 1.54) is 38.7 Å². The molecule has 6 nitrogen and oxygen atoms in total. The zero-order valence-electron chi connectivity index (χ0n) is 16.9. The number of ether oxygens (including phenoxy) is 3. The predicted molar refractivity (Wildman–Crippen MR) is 105 cm³/mol. The van der Waals surface area contributed by atoms with Crippen LogP contribution < -0.4 is 9.47 Å². The molecule has 0 fully saturated rings. The average Bonchev–Trinajstić information content (AvgIpc) is 3.07. The molecular formula is C20H22ClF3N2O4. The number of hydrogen-bond donors (Lipinski definition) is 0. The van der Waals surface area contributed by atoms with Crippen LogP contribution in [-0.2, 0) is 16.6 Å². The summed E-state index contributed by atoms with van der Waals surface area (Å²) in [4.78, 5) is 15.7. The van der Waals surface area contributed by atoms with E-state index in [0.717, 1.165) is 10.6 Å². The highest BCUT2D eigenvalue weighted by molar-refractivity contribution is 6.32. The zero-order valence-corrected chi connectivity index (χ0v) is 17.6. The van der Waals surface area contributed by atoms with Gasteiger partial charge in [-0.2, -0.15) is 13.2 Å². The van der Waals surface area contributed by atoms with Crippen molar-refractivity contribution in [2.45, 2.75) is 26.1 Å². The summed E-state index contributed by atoms with van der Waals surface area (Å²) in [5.41, 5.74) is 0.422. The lowest BCUT2D eigenvalue weighted by Crippen LogP contribution is -2.28. The minimum absolute atomic E-state index is 0.240. The summed E-state index contributed by atoms with van der Waals surface area (Å²) in [5, 5.41) is 0.240. The Hall–Kier alpha value is -2.68. The summed E-state index contributed by atoms with van der Waals surface area (Å²) < 4.78 is 56.6. The van der Waals surface area contributed by atoms with Crippen LogP contribution in [0.3, 0.4) is 0 Å². The summed E-state index contributed by atoms with van der Waals surface area (Å²) in [6.07, 6.45) is -2.63. The van der Waals surface area contributed by atoms with E-state index in [-0.39, 0.29) is 10.9 Å². The van der Waals surface area contributed by atoms with Crippen LogP contribution in [0.25, 0.3) is 6.08 Å². The van der Waals surface area contributed by atoms with Crippen molar-refractivity contribution in [2.24, 2.45) is 13.0 Å². The van der Waals surface area contributed by atoms with Gasteiger partial charge in [-0.15, -0.1) is 0 Å². The number of alkyl halides is 3. The number of rotatable bonds is 8. The number of carbonyl (C=O) groups is 1. The Morgan fingerprint density at radius 2 is 2.03 bits per heavy atom. The second-order valence-corrected chi connectivity index (χ2v) is 7.23. The van der Waals surface area contributed by atoms with E-state index in [2.05, 4.69) is 9.72 Å². The third-order valence-electron chi connectivity index (χ3n) is 3.85. The molecule has 1 atom stereocenters. The molecule has 0 aliphatic carbocycles. The summed E-state index contributed by atoms with van der Waals surface area (Å²) in [6.45, 7) is 4.37. The molecule has 0 aliphatic heterocycles. The van der Waals surface area contributed by atoms with Crippen molar-refractivity contribution in [1.82, 2.24) is 9.55 Å². The van der Waals surface area contributed by atoms with Gasteiger partial charge in [-0.25, -0.2) is 9.78 Å².